The van der Waals surface area contributed by atoms with Crippen LogP contribution in [0.25, 0.3) is 11.0 Å². The number of esters is 2. The fourth-order valence-electron chi connectivity index (χ4n) is 4.46. The minimum atomic E-state index is -0.496. The molecule has 6 nitrogen and oxygen atoms in total. The van der Waals surface area contributed by atoms with Gasteiger partial charge < -0.3 is 13.9 Å². The first-order chi connectivity index (χ1) is 12.5. The first-order valence-electron chi connectivity index (χ1n) is 8.66. The van der Waals surface area contributed by atoms with Gasteiger partial charge in [-0.1, -0.05) is 6.08 Å². The summed E-state index contributed by atoms with van der Waals surface area (Å²) in [7, 11) is 0. The van der Waals surface area contributed by atoms with Crippen molar-refractivity contribution < 1.29 is 23.5 Å². The van der Waals surface area contributed by atoms with E-state index in [9.17, 15) is 14.4 Å². The van der Waals surface area contributed by atoms with Gasteiger partial charge in [0.2, 0.25) is 0 Å². The number of allylic oxidation sites excluding steroid dienone is 1. The van der Waals surface area contributed by atoms with Crippen LogP contribution in [-0.2, 0) is 20.7 Å². The van der Waals surface area contributed by atoms with E-state index in [1.54, 1.807) is 0 Å². The molecular weight excluding hydrogens is 336 g/mol. The van der Waals surface area contributed by atoms with Gasteiger partial charge >= 0.3 is 17.6 Å². The molecule has 3 aliphatic rings. The highest BCUT2D eigenvalue weighted by molar-refractivity contribution is 5.97. The third-order valence-corrected chi connectivity index (χ3v) is 5.75. The fraction of sp³-hybridized carbons (Fsp3) is 0.350. The lowest BCUT2D eigenvalue weighted by Crippen LogP contribution is -2.33. The molecule has 0 spiro atoms. The number of rotatable bonds is 0. The Morgan fingerprint density at radius 3 is 2.77 bits per heavy atom. The number of ether oxygens (including phenoxy) is 2. The molecule has 26 heavy (non-hydrogen) atoms. The molecule has 0 amide bonds. The summed E-state index contributed by atoms with van der Waals surface area (Å²) in [6.45, 7) is 2.21. The summed E-state index contributed by atoms with van der Waals surface area (Å²) in [5.74, 6) is -1.37. The van der Waals surface area contributed by atoms with Crippen molar-refractivity contribution in [3.8, 4) is 5.75 Å². The van der Waals surface area contributed by atoms with Crippen molar-refractivity contribution >= 4 is 22.9 Å². The van der Waals surface area contributed by atoms with Gasteiger partial charge in [0.25, 0.3) is 0 Å². The second-order valence-electron chi connectivity index (χ2n) is 7.15. The van der Waals surface area contributed by atoms with Gasteiger partial charge in [0, 0.05) is 22.9 Å². The molecule has 6 heteroatoms. The summed E-state index contributed by atoms with van der Waals surface area (Å²) in [4.78, 5) is 36.1. The Hall–Kier alpha value is -2.89. The molecule has 2 aromatic rings. The van der Waals surface area contributed by atoms with E-state index in [0.717, 1.165) is 22.1 Å². The number of benzene rings is 1. The van der Waals surface area contributed by atoms with Crippen LogP contribution in [0.15, 0.2) is 39.1 Å². The van der Waals surface area contributed by atoms with Gasteiger partial charge in [-0.3, -0.25) is 9.59 Å². The Morgan fingerprint density at radius 2 is 1.92 bits per heavy atom. The van der Waals surface area contributed by atoms with E-state index in [4.69, 9.17) is 13.9 Å². The SMILES string of the molecule is Cc1cc(=O)oc2c3c(ccc12)OCC1=CC[C@H]2C(=O)OC(=O)[C@H]2[C@H]1C3. The van der Waals surface area contributed by atoms with Gasteiger partial charge in [0.15, 0.2) is 0 Å². The Morgan fingerprint density at radius 1 is 1.08 bits per heavy atom. The van der Waals surface area contributed by atoms with E-state index < -0.39 is 29.4 Å². The van der Waals surface area contributed by atoms with E-state index in [1.807, 2.05) is 25.1 Å². The Balaban J connectivity index is 1.69. The Kier molecular flexibility index (Phi) is 3.13. The molecule has 1 aliphatic carbocycles. The maximum absolute atomic E-state index is 12.3. The maximum atomic E-state index is 12.3. The average Bonchev–Trinajstić information content (AvgIpc) is 2.78. The van der Waals surface area contributed by atoms with Crippen molar-refractivity contribution in [3.05, 3.63) is 51.4 Å². The quantitative estimate of drug-likeness (QED) is 0.313. The summed E-state index contributed by atoms with van der Waals surface area (Å²) >= 11 is 0. The second kappa shape index (κ2) is 5.30. The number of cyclic esters (lactones) is 2. The molecule has 0 bridgehead atoms. The topological polar surface area (TPSA) is 82.8 Å². The third-order valence-electron chi connectivity index (χ3n) is 5.75. The zero-order valence-corrected chi connectivity index (χ0v) is 14.1. The monoisotopic (exact) mass is 352 g/mol. The first-order valence-corrected chi connectivity index (χ1v) is 8.66. The van der Waals surface area contributed by atoms with Crippen LogP contribution in [0.1, 0.15) is 17.5 Å². The molecule has 0 saturated carbocycles. The van der Waals surface area contributed by atoms with E-state index >= 15 is 0 Å². The van der Waals surface area contributed by atoms with Crippen molar-refractivity contribution in [1.29, 1.82) is 0 Å². The van der Waals surface area contributed by atoms with E-state index in [0.29, 0.717) is 30.8 Å². The highest BCUT2D eigenvalue weighted by Crippen LogP contribution is 2.45. The van der Waals surface area contributed by atoms with Gasteiger partial charge in [0.05, 0.1) is 11.8 Å². The zero-order valence-electron chi connectivity index (χ0n) is 14.1. The van der Waals surface area contributed by atoms with E-state index in [1.165, 1.54) is 6.07 Å². The molecule has 132 valence electrons. The number of hydrogen-bond acceptors (Lipinski definition) is 6. The van der Waals surface area contributed by atoms with Crippen molar-refractivity contribution in [3.63, 3.8) is 0 Å². The molecule has 3 atom stereocenters. The van der Waals surface area contributed by atoms with Crippen LogP contribution in [0.4, 0.5) is 0 Å². The Bertz CT molecular complexity index is 1060. The zero-order chi connectivity index (χ0) is 18.0. The maximum Gasteiger partial charge on any atom is 0.336 e. The minimum Gasteiger partial charge on any atom is -0.489 e. The predicted octanol–water partition coefficient (Wildman–Crippen LogP) is 2.30. The smallest absolute Gasteiger partial charge is 0.336 e. The summed E-state index contributed by atoms with van der Waals surface area (Å²) in [5, 5.41) is 0.844. The van der Waals surface area contributed by atoms with Gasteiger partial charge in [-0.25, -0.2) is 4.79 Å². The standard InChI is InChI=1S/C20H16O6/c1-9-6-16(21)25-18-11(9)4-5-15-14(18)7-13-10(8-24-15)2-3-12-17(13)20(23)26-19(12)22/h2,4-6,12-13,17H,3,7-8H2,1H3/t12-,13+,17-/m1/s1. The summed E-state index contributed by atoms with van der Waals surface area (Å²) in [6, 6.07) is 5.21. The summed E-state index contributed by atoms with van der Waals surface area (Å²) in [6.07, 6.45) is 2.95. The molecule has 1 aromatic heterocycles. The lowest BCUT2D eigenvalue weighted by atomic mass is 9.71. The largest absolute Gasteiger partial charge is 0.489 e. The molecule has 2 aliphatic heterocycles. The van der Waals surface area contributed by atoms with Crippen LogP contribution in [0.2, 0.25) is 0 Å². The van der Waals surface area contributed by atoms with E-state index in [-0.39, 0.29) is 5.92 Å². The number of carbonyl (C=O) groups is 2. The van der Waals surface area contributed by atoms with Crippen LogP contribution in [-0.4, -0.2) is 18.5 Å². The number of hydrogen-bond donors (Lipinski definition) is 0. The van der Waals surface area contributed by atoms with Gasteiger partial charge in [-0.05, 0) is 43.0 Å². The molecule has 0 N–H and O–H groups in total. The van der Waals surface area contributed by atoms with Crippen molar-refractivity contribution in [2.75, 3.05) is 6.61 Å². The van der Waals surface area contributed by atoms with Gasteiger partial charge in [-0.15, -0.1) is 0 Å². The molecule has 5 rings (SSSR count). The molecular formula is C20H16O6. The van der Waals surface area contributed by atoms with Gasteiger partial charge in [-0.2, -0.15) is 0 Å². The molecule has 0 unspecified atom stereocenters. The second-order valence-corrected chi connectivity index (χ2v) is 7.15. The van der Waals surface area contributed by atoms with E-state index in [2.05, 4.69) is 0 Å². The number of fused-ring (bicyclic) bond motifs is 6. The van der Waals surface area contributed by atoms with Crippen molar-refractivity contribution in [2.24, 2.45) is 17.8 Å². The fourth-order valence-corrected chi connectivity index (χ4v) is 4.46. The van der Waals surface area contributed by atoms with Crippen LogP contribution in [0.3, 0.4) is 0 Å². The van der Waals surface area contributed by atoms with Crippen LogP contribution < -0.4 is 10.4 Å². The van der Waals surface area contributed by atoms with Crippen LogP contribution in [0, 0.1) is 24.7 Å². The predicted molar refractivity (Wildman–Crippen MR) is 90.7 cm³/mol. The average molecular weight is 352 g/mol. The lowest BCUT2D eigenvalue weighted by molar-refractivity contribution is -0.154. The number of aryl methyl sites for hydroxylation is 1. The lowest BCUT2D eigenvalue weighted by Gasteiger charge is -2.28. The molecule has 0 radical (unpaired) electrons. The highest BCUT2D eigenvalue weighted by Gasteiger charge is 2.51. The van der Waals surface area contributed by atoms with Crippen molar-refractivity contribution in [2.45, 2.75) is 19.8 Å². The highest BCUT2D eigenvalue weighted by atomic mass is 16.6. The van der Waals surface area contributed by atoms with Gasteiger partial charge in [0.1, 0.15) is 17.9 Å². The third kappa shape index (κ3) is 2.08. The molecule has 1 fully saturated rings. The molecule has 1 aromatic carbocycles. The normalized spacial score (nSPS) is 27.0. The Labute approximate surface area is 148 Å². The van der Waals surface area contributed by atoms with Crippen molar-refractivity contribution in [1.82, 2.24) is 0 Å². The van der Waals surface area contributed by atoms with Crippen LogP contribution in [0.5, 0.6) is 5.75 Å². The minimum absolute atomic E-state index is 0.189. The summed E-state index contributed by atoms with van der Waals surface area (Å²) in [5.41, 5.74) is 2.67. The van der Waals surface area contributed by atoms with Crippen LogP contribution >= 0.6 is 0 Å². The first kappa shape index (κ1) is 15.4. The number of carbonyl (C=O) groups excluding carboxylic acids is 2. The summed E-state index contributed by atoms with van der Waals surface area (Å²) < 4.78 is 16.3. The molecule has 1 saturated heterocycles. The molecule has 3 heterocycles.